The van der Waals surface area contributed by atoms with Crippen molar-refractivity contribution in [3.05, 3.63) is 0 Å². The Bertz CT molecular complexity index is 1720. The third-order valence-corrected chi connectivity index (χ3v) is 16.9. The molecule has 0 aromatic heterocycles. The summed E-state index contributed by atoms with van der Waals surface area (Å²) in [4.78, 5) is 88.3. The minimum atomic E-state index is -1.78. The molecule has 18 nitrogen and oxygen atoms in total. The van der Waals surface area contributed by atoms with Gasteiger partial charge in [-0.25, -0.2) is 0 Å². The second-order valence-corrected chi connectivity index (χ2v) is 24.5. The van der Waals surface area contributed by atoms with Crippen molar-refractivity contribution in [2.75, 3.05) is 42.8 Å². The standard InChI is InChI=1S/C62H108O18S2/c1-10-12-14-16-18-20-22-24-26-28-30-32-34-36-38-81-43-52(44-82-39-37-35-33-31-29-27-25-23-21-19-17-15-13-11-2)40-72-61-59(76-50(8)68)58(75-49(7)67)56(54(78-61)42-71-46(4)64)80-62-60(77-51(9)69)57(74-48(6)66)55(73-47(5)65)53(79-62)41-70-45(3)63/h52-62H,10-44H2,1-9H3/t53-,54-,55+,56-,57+,58+,59-,60-,61+,62+/m1/s1. The van der Waals surface area contributed by atoms with E-state index in [1.807, 2.05) is 23.5 Å². The Balaban J connectivity index is 2.30. The predicted molar refractivity (Wildman–Crippen MR) is 318 cm³/mol. The molecule has 476 valence electrons. The second-order valence-electron chi connectivity index (χ2n) is 22.2. The van der Waals surface area contributed by atoms with Crippen molar-refractivity contribution >= 4 is 65.3 Å². The summed E-state index contributed by atoms with van der Waals surface area (Å²) in [5, 5.41) is 0. The van der Waals surface area contributed by atoms with E-state index >= 15 is 0 Å². The molecule has 0 aromatic rings. The van der Waals surface area contributed by atoms with Crippen LogP contribution < -0.4 is 0 Å². The first kappa shape index (κ1) is 74.9. The first-order chi connectivity index (χ1) is 39.5. The van der Waals surface area contributed by atoms with E-state index in [4.69, 9.17) is 52.1 Å². The molecule has 2 heterocycles. The van der Waals surface area contributed by atoms with Crippen molar-refractivity contribution in [1.29, 1.82) is 0 Å². The second kappa shape index (κ2) is 47.0. The van der Waals surface area contributed by atoms with Gasteiger partial charge in [0.05, 0.1) is 6.61 Å². The summed E-state index contributed by atoms with van der Waals surface area (Å²) < 4.78 is 65.2. The highest BCUT2D eigenvalue weighted by Crippen LogP contribution is 2.36. The zero-order valence-corrected chi connectivity index (χ0v) is 53.4. The van der Waals surface area contributed by atoms with Gasteiger partial charge in [-0.2, -0.15) is 23.5 Å². The number of carbonyl (C=O) groups excluding carboxylic acids is 7. The molecule has 2 rings (SSSR count). The largest absolute Gasteiger partial charge is 0.463 e. The summed E-state index contributed by atoms with van der Waals surface area (Å²) in [6.45, 7) is 11.5. The van der Waals surface area contributed by atoms with Gasteiger partial charge in [0.1, 0.15) is 31.5 Å². The molecule has 10 atom stereocenters. The average Bonchev–Trinajstić information content (AvgIpc) is 3.59. The Morgan fingerprint density at radius 2 is 0.646 bits per heavy atom. The molecule has 0 radical (unpaired) electrons. The number of hydrogen-bond acceptors (Lipinski definition) is 20. The molecule has 0 N–H and O–H groups in total. The number of esters is 7. The molecule has 0 bridgehead atoms. The maximum absolute atomic E-state index is 13.1. The molecule has 2 fully saturated rings. The van der Waals surface area contributed by atoms with E-state index < -0.39 is 116 Å². The van der Waals surface area contributed by atoms with Gasteiger partial charge >= 0.3 is 41.8 Å². The Kier molecular flexibility index (Phi) is 43.0. The first-order valence-corrected chi connectivity index (χ1v) is 33.6. The highest BCUT2D eigenvalue weighted by Gasteiger charge is 2.57. The van der Waals surface area contributed by atoms with Crippen molar-refractivity contribution in [2.24, 2.45) is 5.92 Å². The van der Waals surface area contributed by atoms with Crippen molar-refractivity contribution in [2.45, 2.75) is 304 Å². The molecule has 0 unspecified atom stereocenters. The molecule has 0 spiro atoms. The third kappa shape index (κ3) is 35.3. The molecule has 0 amide bonds. The fourth-order valence-corrected chi connectivity index (χ4v) is 12.7. The van der Waals surface area contributed by atoms with Crippen LogP contribution in [0.25, 0.3) is 0 Å². The van der Waals surface area contributed by atoms with Crippen LogP contribution in [0, 0.1) is 5.92 Å². The first-order valence-electron chi connectivity index (χ1n) is 31.3. The number of carbonyl (C=O) groups is 7. The number of ether oxygens (including phenoxy) is 11. The molecule has 2 aliphatic heterocycles. The quantitative estimate of drug-likeness (QED) is 0.0314. The van der Waals surface area contributed by atoms with E-state index in [2.05, 4.69) is 13.8 Å². The lowest BCUT2D eigenvalue weighted by atomic mass is 9.96. The van der Waals surface area contributed by atoms with Gasteiger partial charge in [-0.15, -0.1) is 0 Å². The molecule has 20 heteroatoms. The van der Waals surface area contributed by atoms with Gasteiger partial charge in [-0.05, 0) is 35.9 Å². The van der Waals surface area contributed by atoms with E-state index in [1.54, 1.807) is 0 Å². The van der Waals surface area contributed by atoms with Crippen LogP contribution in [-0.2, 0) is 85.7 Å². The topological polar surface area (TPSA) is 221 Å². The summed E-state index contributed by atoms with van der Waals surface area (Å²) in [6.07, 6.45) is 21.1. The molecular weight excluding hydrogens is 1100 g/mol. The molecule has 0 aliphatic carbocycles. The predicted octanol–water partition coefficient (Wildman–Crippen LogP) is 12.7. The highest BCUT2D eigenvalue weighted by molar-refractivity contribution is 8.00. The molecule has 0 aromatic carbocycles. The number of hydrogen-bond donors (Lipinski definition) is 0. The van der Waals surface area contributed by atoms with Crippen molar-refractivity contribution in [3.8, 4) is 0 Å². The van der Waals surface area contributed by atoms with E-state index in [-0.39, 0.29) is 12.5 Å². The lowest BCUT2D eigenvalue weighted by Crippen LogP contribution is -2.67. The van der Waals surface area contributed by atoms with Gasteiger partial charge in [0.25, 0.3) is 0 Å². The SMILES string of the molecule is CCCCCCCCCCCCCCCCSCC(CO[C@H]1O[C@H](COC(C)=O)[C@@H](O[C@@H]2O[C@H](COC(C)=O)[C@H](OC(C)=O)[C@H](OC(C)=O)[C@H]2OC(C)=O)[C@H](OC(C)=O)[C@H]1OC(C)=O)CSCCCCCCCCCCCCCCCC. The average molecular weight is 1210 g/mol. The minimum absolute atomic E-state index is 0.0422. The van der Waals surface area contributed by atoms with Gasteiger partial charge in [0.2, 0.25) is 0 Å². The van der Waals surface area contributed by atoms with E-state index in [0.29, 0.717) is 0 Å². The lowest BCUT2D eigenvalue weighted by molar-refractivity contribution is -0.361. The van der Waals surface area contributed by atoms with Crippen LogP contribution in [0.15, 0.2) is 0 Å². The minimum Gasteiger partial charge on any atom is -0.463 e. The zero-order chi connectivity index (χ0) is 60.3. The van der Waals surface area contributed by atoms with Crippen LogP contribution in [0.3, 0.4) is 0 Å². The van der Waals surface area contributed by atoms with Gasteiger partial charge in [0.15, 0.2) is 43.1 Å². The Labute approximate surface area is 501 Å². The summed E-state index contributed by atoms with van der Waals surface area (Å²) in [5.41, 5.74) is 0. The number of thioether (sulfide) groups is 2. The fraction of sp³-hybridized carbons (Fsp3) is 0.887. The fourth-order valence-electron chi connectivity index (χ4n) is 10.3. The Morgan fingerprint density at radius 1 is 0.354 bits per heavy atom. The highest BCUT2D eigenvalue weighted by atomic mass is 32.2. The van der Waals surface area contributed by atoms with E-state index in [0.717, 1.165) is 70.5 Å². The van der Waals surface area contributed by atoms with Crippen molar-refractivity contribution in [1.82, 2.24) is 0 Å². The Morgan fingerprint density at radius 3 is 1.00 bits per heavy atom. The molecule has 2 aliphatic rings. The van der Waals surface area contributed by atoms with Crippen LogP contribution in [0.2, 0.25) is 0 Å². The van der Waals surface area contributed by atoms with E-state index in [1.165, 1.54) is 181 Å². The van der Waals surface area contributed by atoms with Gasteiger partial charge < -0.3 is 52.1 Å². The van der Waals surface area contributed by atoms with Crippen LogP contribution >= 0.6 is 23.5 Å². The third-order valence-electron chi connectivity index (χ3n) is 14.4. The van der Waals surface area contributed by atoms with Crippen molar-refractivity contribution < 1.29 is 85.7 Å². The lowest BCUT2D eigenvalue weighted by Gasteiger charge is -2.48. The van der Waals surface area contributed by atoms with E-state index in [9.17, 15) is 33.6 Å². The molecular formula is C62H108O18S2. The van der Waals surface area contributed by atoms with Crippen LogP contribution in [0.5, 0.6) is 0 Å². The normalized spacial score (nSPS) is 22.5. The molecule has 82 heavy (non-hydrogen) atoms. The zero-order valence-electron chi connectivity index (χ0n) is 51.8. The Hall–Kier alpha value is -3.17. The van der Waals surface area contributed by atoms with Crippen LogP contribution in [0.4, 0.5) is 0 Å². The maximum atomic E-state index is 13.1. The van der Waals surface area contributed by atoms with Crippen LogP contribution in [0.1, 0.15) is 242 Å². The van der Waals surface area contributed by atoms with Crippen molar-refractivity contribution in [3.63, 3.8) is 0 Å². The monoisotopic (exact) mass is 1200 g/mol. The summed E-state index contributed by atoms with van der Waals surface area (Å²) >= 11 is 3.77. The van der Waals surface area contributed by atoms with Gasteiger partial charge in [-0.1, -0.05) is 181 Å². The van der Waals surface area contributed by atoms with Gasteiger partial charge in [0, 0.05) is 54.4 Å². The number of rotatable bonds is 48. The smallest absolute Gasteiger partial charge is 0.303 e. The summed E-state index contributed by atoms with van der Waals surface area (Å²) in [5.74, 6) is -1.94. The summed E-state index contributed by atoms with van der Waals surface area (Å²) in [6, 6.07) is 0. The van der Waals surface area contributed by atoms with Crippen LogP contribution in [-0.4, -0.2) is 146 Å². The summed E-state index contributed by atoms with van der Waals surface area (Å²) in [7, 11) is 0. The maximum Gasteiger partial charge on any atom is 0.303 e. The molecule has 2 saturated heterocycles. The number of unbranched alkanes of at least 4 members (excludes halogenated alkanes) is 26. The molecule has 0 saturated carbocycles. The van der Waals surface area contributed by atoms with Gasteiger partial charge in [-0.3, -0.25) is 33.6 Å².